The number of nitrogens with one attached hydrogen (secondary N) is 1. The van der Waals surface area contributed by atoms with E-state index in [0.29, 0.717) is 23.2 Å². The van der Waals surface area contributed by atoms with E-state index in [1.807, 2.05) is 19.1 Å². The van der Waals surface area contributed by atoms with Crippen molar-refractivity contribution in [2.24, 2.45) is 0 Å². The zero-order valence-electron chi connectivity index (χ0n) is 11.5. The molecule has 0 aliphatic heterocycles. The van der Waals surface area contributed by atoms with Crippen molar-refractivity contribution in [3.8, 4) is 0 Å². The van der Waals surface area contributed by atoms with Crippen LogP contribution in [0.2, 0.25) is 0 Å². The first kappa shape index (κ1) is 16.3. The lowest BCUT2D eigenvalue weighted by atomic mass is 10.2. The minimum atomic E-state index is -3.11. The molecule has 1 rings (SSSR count). The quantitative estimate of drug-likeness (QED) is 0.745. The molecule has 1 aromatic rings. The summed E-state index contributed by atoms with van der Waals surface area (Å²) in [7, 11) is -3.11. The Morgan fingerprint density at radius 1 is 1.26 bits per heavy atom. The second-order valence-corrected chi connectivity index (χ2v) is 7.21. The topological polar surface area (TPSA) is 46.2 Å². The molecule has 1 N–H and O–H groups in total. The van der Waals surface area contributed by atoms with E-state index in [-0.39, 0.29) is 5.75 Å². The molecular formula is C14H22ClNO2S. The largest absolute Gasteiger partial charge is 0.383 e. The molecule has 3 nitrogen and oxygen atoms in total. The average Bonchev–Trinajstić information content (AvgIpc) is 2.37. The average molecular weight is 304 g/mol. The Morgan fingerprint density at radius 2 is 1.89 bits per heavy atom. The summed E-state index contributed by atoms with van der Waals surface area (Å²) >= 11 is 5.65. The van der Waals surface area contributed by atoms with Gasteiger partial charge in [-0.3, -0.25) is 0 Å². The van der Waals surface area contributed by atoms with Crippen molar-refractivity contribution in [2.75, 3.05) is 16.9 Å². The van der Waals surface area contributed by atoms with Crippen molar-refractivity contribution in [1.29, 1.82) is 0 Å². The number of alkyl halides is 1. The summed E-state index contributed by atoms with van der Waals surface area (Å²) in [5.41, 5.74) is 0.942. The Labute approximate surface area is 121 Å². The van der Waals surface area contributed by atoms with Crippen molar-refractivity contribution in [3.05, 3.63) is 24.3 Å². The van der Waals surface area contributed by atoms with Gasteiger partial charge in [-0.25, -0.2) is 8.42 Å². The van der Waals surface area contributed by atoms with Gasteiger partial charge in [-0.2, -0.15) is 0 Å². The second-order valence-electron chi connectivity index (χ2n) is 4.72. The predicted octanol–water partition coefficient (Wildman–Crippen LogP) is 3.69. The van der Waals surface area contributed by atoms with Crippen molar-refractivity contribution in [2.45, 2.75) is 44.0 Å². The lowest BCUT2D eigenvalue weighted by Gasteiger charge is -2.14. The number of anilines is 1. The lowest BCUT2D eigenvalue weighted by Crippen LogP contribution is -2.15. The van der Waals surface area contributed by atoms with Crippen LogP contribution < -0.4 is 5.32 Å². The summed E-state index contributed by atoms with van der Waals surface area (Å²) < 4.78 is 23.7. The summed E-state index contributed by atoms with van der Waals surface area (Å²) in [4.78, 5) is 0.397. The summed E-state index contributed by atoms with van der Waals surface area (Å²) in [6.07, 6.45) is 2.61. The van der Waals surface area contributed by atoms with E-state index in [1.165, 1.54) is 0 Å². The molecule has 0 spiro atoms. The van der Waals surface area contributed by atoms with Gasteiger partial charge in [0.05, 0.1) is 10.6 Å². The monoisotopic (exact) mass is 303 g/mol. The van der Waals surface area contributed by atoms with Gasteiger partial charge < -0.3 is 5.32 Å². The Bertz CT molecular complexity index is 471. The molecule has 0 aliphatic rings. The van der Waals surface area contributed by atoms with Gasteiger partial charge in [0.1, 0.15) is 0 Å². The van der Waals surface area contributed by atoms with Gasteiger partial charge in [-0.05, 0) is 50.5 Å². The van der Waals surface area contributed by atoms with E-state index in [4.69, 9.17) is 11.6 Å². The smallest absolute Gasteiger partial charge is 0.178 e. The molecule has 5 heteroatoms. The normalized spacial score (nSPS) is 13.2. The van der Waals surface area contributed by atoms with E-state index < -0.39 is 9.84 Å². The van der Waals surface area contributed by atoms with Gasteiger partial charge in [-0.15, -0.1) is 11.6 Å². The molecule has 0 saturated carbocycles. The van der Waals surface area contributed by atoms with Crippen LogP contribution in [-0.4, -0.2) is 26.1 Å². The molecule has 0 radical (unpaired) electrons. The van der Waals surface area contributed by atoms with Crippen molar-refractivity contribution >= 4 is 27.1 Å². The number of hydrogen-bond donors (Lipinski definition) is 1. The summed E-state index contributed by atoms with van der Waals surface area (Å²) in [6, 6.07) is 7.31. The van der Waals surface area contributed by atoms with Crippen molar-refractivity contribution in [3.63, 3.8) is 0 Å². The minimum Gasteiger partial charge on any atom is -0.383 e. The van der Waals surface area contributed by atoms with Gasteiger partial charge >= 0.3 is 0 Å². The maximum atomic E-state index is 11.9. The third kappa shape index (κ3) is 5.41. The molecule has 1 unspecified atom stereocenters. The first-order valence-corrected chi connectivity index (χ1v) is 8.83. The molecule has 0 fully saturated rings. The highest BCUT2D eigenvalue weighted by Gasteiger charge is 2.12. The summed E-state index contributed by atoms with van der Waals surface area (Å²) in [5, 5.41) is 3.33. The van der Waals surface area contributed by atoms with Crippen LogP contribution in [-0.2, 0) is 9.84 Å². The highest BCUT2D eigenvalue weighted by molar-refractivity contribution is 7.91. The molecular weight excluding hydrogens is 282 g/mol. The molecule has 0 aromatic heterocycles. The number of sulfone groups is 1. The number of halogens is 1. The van der Waals surface area contributed by atoms with E-state index in [1.54, 1.807) is 12.1 Å². The minimum absolute atomic E-state index is 0.200. The highest BCUT2D eigenvalue weighted by atomic mass is 35.5. The maximum Gasteiger partial charge on any atom is 0.178 e. The van der Waals surface area contributed by atoms with Crippen LogP contribution in [0.15, 0.2) is 29.2 Å². The van der Waals surface area contributed by atoms with Gasteiger partial charge in [0.25, 0.3) is 0 Å². The fourth-order valence-electron chi connectivity index (χ4n) is 1.89. The number of benzene rings is 1. The van der Waals surface area contributed by atoms with Gasteiger partial charge in [-0.1, -0.05) is 6.92 Å². The van der Waals surface area contributed by atoms with Crippen LogP contribution in [0.25, 0.3) is 0 Å². The highest BCUT2D eigenvalue weighted by Crippen LogP contribution is 2.17. The Hall–Kier alpha value is -0.740. The van der Waals surface area contributed by atoms with Crippen LogP contribution in [0.4, 0.5) is 5.69 Å². The first-order valence-electron chi connectivity index (χ1n) is 6.65. The van der Waals surface area contributed by atoms with E-state index in [2.05, 4.69) is 12.2 Å². The summed E-state index contributed by atoms with van der Waals surface area (Å²) in [5.74, 6) is 0.867. The van der Waals surface area contributed by atoms with Crippen LogP contribution in [0, 0.1) is 0 Å². The third-order valence-electron chi connectivity index (χ3n) is 2.87. The SMILES string of the molecule is CCCS(=O)(=O)c1ccc(NC(C)CCCCl)cc1. The molecule has 19 heavy (non-hydrogen) atoms. The van der Waals surface area contributed by atoms with Crippen LogP contribution in [0.1, 0.15) is 33.1 Å². The molecule has 0 heterocycles. The zero-order chi connectivity index (χ0) is 14.3. The molecule has 0 amide bonds. The van der Waals surface area contributed by atoms with Crippen molar-refractivity contribution < 1.29 is 8.42 Å². The molecule has 1 aromatic carbocycles. The molecule has 0 aliphatic carbocycles. The van der Waals surface area contributed by atoms with E-state index in [9.17, 15) is 8.42 Å². The molecule has 0 saturated heterocycles. The van der Waals surface area contributed by atoms with E-state index >= 15 is 0 Å². The Kier molecular flexibility index (Phi) is 6.66. The fourth-order valence-corrected chi connectivity index (χ4v) is 3.36. The Morgan fingerprint density at radius 3 is 2.42 bits per heavy atom. The van der Waals surface area contributed by atoms with Crippen molar-refractivity contribution in [1.82, 2.24) is 0 Å². The van der Waals surface area contributed by atoms with Gasteiger partial charge in [0.2, 0.25) is 0 Å². The van der Waals surface area contributed by atoms with Gasteiger partial charge in [0, 0.05) is 17.6 Å². The molecule has 0 bridgehead atoms. The number of rotatable bonds is 8. The second kappa shape index (κ2) is 7.75. The Balaban J connectivity index is 2.66. The zero-order valence-corrected chi connectivity index (χ0v) is 13.1. The molecule has 108 valence electrons. The predicted molar refractivity (Wildman–Crippen MR) is 81.8 cm³/mol. The van der Waals surface area contributed by atoms with Gasteiger partial charge in [0.15, 0.2) is 9.84 Å². The maximum absolute atomic E-state index is 11.9. The molecule has 1 atom stereocenters. The van der Waals surface area contributed by atoms with Crippen LogP contribution >= 0.6 is 11.6 Å². The fraction of sp³-hybridized carbons (Fsp3) is 0.571. The summed E-state index contributed by atoms with van der Waals surface area (Å²) in [6.45, 7) is 3.96. The van der Waals surface area contributed by atoms with Crippen LogP contribution in [0.3, 0.4) is 0 Å². The van der Waals surface area contributed by atoms with E-state index in [0.717, 1.165) is 18.5 Å². The first-order chi connectivity index (χ1) is 8.99. The van der Waals surface area contributed by atoms with Crippen LogP contribution in [0.5, 0.6) is 0 Å². The standard InChI is InChI=1S/C14H22ClNO2S/c1-3-11-19(17,18)14-8-6-13(7-9-14)16-12(2)5-4-10-15/h6-9,12,16H,3-5,10-11H2,1-2H3. The third-order valence-corrected chi connectivity index (χ3v) is 5.07. The number of hydrogen-bond acceptors (Lipinski definition) is 3. The lowest BCUT2D eigenvalue weighted by molar-refractivity contribution is 0.594.